The van der Waals surface area contributed by atoms with Crippen LogP contribution in [-0.4, -0.2) is 52.7 Å². The minimum atomic E-state index is 0.213. The Morgan fingerprint density at radius 1 is 1.55 bits per heavy atom. The maximum absolute atomic E-state index is 12.1. The molecule has 1 heterocycles. The summed E-state index contributed by atoms with van der Waals surface area (Å²) in [4.78, 5) is 6.78. The van der Waals surface area contributed by atoms with Gasteiger partial charge in [-0.1, -0.05) is 12.1 Å². The molecule has 0 saturated carbocycles. The van der Waals surface area contributed by atoms with Crippen molar-refractivity contribution >= 4 is 29.0 Å². The molecule has 0 bridgehead atoms. The first-order valence-corrected chi connectivity index (χ1v) is 8.40. The summed E-state index contributed by atoms with van der Waals surface area (Å²) in [5.74, 6) is 1.73. The van der Waals surface area contributed by atoms with Crippen molar-refractivity contribution in [2.75, 3.05) is 31.6 Å². The zero-order valence-electron chi connectivity index (χ0n) is 11.7. The molecule has 2 rings (SSSR count). The summed E-state index contributed by atoms with van der Waals surface area (Å²) in [6.07, 6.45) is 0. The number of hydrogen-bond donors (Lipinski definition) is 1. The van der Waals surface area contributed by atoms with Gasteiger partial charge in [0.15, 0.2) is 0 Å². The van der Waals surface area contributed by atoms with Crippen LogP contribution < -0.4 is 0 Å². The molecule has 0 aromatic heterocycles. The second kappa shape index (κ2) is 7.33. The highest BCUT2D eigenvalue weighted by Gasteiger charge is 2.22. The van der Waals surface area contributed by atoms with Crippen LogP contribution in [0.5, 0.6) is 5.75 Å². The molecule has 20 heavy (non-hydrogen) atoms. The lowest BCUT2D eigenvalue weighted by Crippen LogP contribution is -2.30. The SMILES string of the molecule is Cc1cccc(C2=NC(CN(C)CCSF)CS2)c1O. The molecule has 3 nitrogen and oxygen atoms in total. The van der Waals surface area contributed by atoms with Gasteiger partial charge in [0.2, 0.25) is 0 Å². The monoisotopic (exact) mass is 314 g/mol. The van der Waals surface area contributed by atoms with Crippen LogP contribution >= 0.6 is 23.9 Å². The highest BCUT2D eigenvalue weighted by molar-refractivity contribution is 8.14. The number of aromatic hydroxyl groups is 1. The summed E-state index contributed by atoms with van der Waals surface area (Å²) in [5, 5.41) is 11.0. The standard InChI is InChI=1S/C14H19FN2OS2/c1-10-4-3-5-12(13(10)18)14-16-11(9-19-14)8-17(2)6-7-20-15/h3-5,11,18H,6-9H2,1-2H3. The third kappa shape index (κ3) is 3.90. The van der Waals surface area contributed by atoms with Crippen LogP contribution in [0.1, 0.15) is 11.1 Å². The van der Waals surface area contributed by atoms with Crippen molar-refractivity contribution in [1.29, 1.82) is 0 Å². The minimum absolute atomic E-state index is 0.213. The normalized spacial score (nSPS) is 18.6. The molecule has 0 spiro atoms. The van der Waals surface area contributed by atoms with Crippen molar-refractivity contribution in [1.82, 2.24) is 4.90 Å². The molecule has 0 fully saturated rings. The number of phenols is 1. The molecule has 1 N–H and O–H groups in total. The number of para-hydroxylation sites is 1. The first-order valence-electron chi connectivity index (χ1n) is 6.53. The van der Waals surface area contributed by atoms with Crippen molar-refractivity contribution in [3.05, 3.63) is 29.3 Å². The fourth-order valence-electron chi connectivity index (χ4n) is 2.13. The lowest BCUT2D eigenvalue weighted by Gasteiger charge is -2.17. The van der Waals surface area contributed by atoms with Crippen LogP contribution in [0.3, 0.4) is 0 Å². The van der Waals surface area contributed by atoms with E-state index in [-0.39, 0.29) is 6.04 Å². The molecule has 0 aliphatic carbocycles. The van der Waals surface area contributed by atoms with Gasteiger partial charge in [0.05, 0.1) is 6.04 Å². The van der Waals surface area contributed by atoms with E-state index in [1.807, 2.05) is 32.2 Å². The Morgan fingerprint density at radius 3 is 3.10 bits per heavy atom. The number of benzene rings is 1. The summed E-state index contributed by atoms with van der Waals surface area (Å²) in [7, 11) is 1.98. The van der Waals surface area contributed by atoms with Crippen LogP contribution in [-0.2, 0) is 0 Å². The van der Waals surface area contributed by atoms with E-state index in [1.54, 1.807) is 11.8 Å². The maximum atomic E-state index is 12.1. The summed E-state index contributed by atoms with van der Waals surface area (Å²) < 4.78 is 12.1. The first kappa shape index (κ1) is 15.7. The van der Waals surface area contributed by atoms with Crippen LogP contribution in [0.25, 0.3) is 0 Å². The second-order valence-electron chi connectivity index (χ2n) is 4.95. The van der Waals surface area contributed by atoms with Gasteiger partial charge in [-0.05, 0) is 25.6 Å². The summed E-state index contributed by atoms with van der Waals surface area (Å²) in [5.41, 5.74) is 1.69. The third-order valence-electron chi connectivity index (χ3n) is 3.25. The zero-order valence-corrected chi connectivity index (χ0v) is 13.3. The molecule has 6 heteroatoms. The van der Waals surface area contributed by atoms with Crippen LogP contribution in [0, 0.1) is 6.92 Å². The van der Waals surface area contributed by atoms with Crippen molar-refractivity contribution in [2.45, 2.75) is 13.0 Å². The van der Waals surface area contributed by atoms with Gasteiger partial charge in [-0.15, -0.1) is 11.8 Å². The average molecular weight is 314 g/mol. The van der Waals surface area contributed by atoms with Crippen LogP contribution in [0.15, 0.2) is 23.2 Å². The molecule has 0 saturated heterocycles. The molecule has 110 valence electrons. The average Bonchev–Trinajstić information content (AvgIpc) is 2.88. The van der Waals surface area contributed by atoms with Gasteiger partial charge in [-0.25, -0.2) is 0 Å². The molecule has 1 atom stereocenters. The van der Waals surface area contributed by atoms with Crippen molar-refractivity contribution in [3.8, 4) is 5.75 Å². The molecule has 0 radical (unpaired) electrons. The van der Waals surface area contributed by atoms with Gasteiger partial charge in [0.1, 0.15) is 10.8 Å². The number of likely N-dealkylation sites (N-methyl/N-ethyl adjacent to an activating group) is 1. The number of phenolic OH excluding ortho intramolecular Hbond substituents is 1. The largest absolute Gasteiger partial charge is 0.507 e. The van der Waals surface area contributed by atoms with E-state index in [1.165, 1.54) is 0 Å². The molecule has 0 amide bonds. The Balaban J connectivity index is 2.01. The molecule has 1 aromatic carbocycles. The first-order chi connectivity index (χ1) is 9.61. The van der Waals surface area contributed by atoms with Crippen LogP contribution in [0.4, 0.5) is 3.89 Å². The zero-order chi connectivity index (χ0) is 14.5. The Kier molecular flexibility index (Phi) is 5.74. The van der Waals surface area contributed by atoms with Gasteiger partial charge >= 0.3 is 0 Å². The number of halogens is 1. The quantitative estimate of drug-likeness (QED) is 0.875. The fraction of sp³-hybridized carbons (Fsp3) is 0.500. The molecule has 1 aromatic rings. The third-order valence-corrected chi connectivity index (χ3v) is 4.74. The molecule has 1 aliphatic rings. The summed E-state index contributed by atoms with van der Waals surface area (Å²) in [6.45, 7) is 3.44. The van der Waals surface area contributed by atoms with Crippen molar-refractivity contribution in [3.63, 3.8) is 0 Å². The molecule has 1 unspecified atom stereocenters. The molecule has 1 aliphatic heterocycles. The number of aryl methyl sites for hydroxylation is 1. The van der Waals surface area contributed by atoms with Crippen LogP contribution in [0.2, 0.25) is 0 Å². The Morgan fingerprint density at radius 2 is 2.35 bits per heavy atom. The van der Waals surface area contributed by atoms with Crippen molar-refractivity contribution in [2.24, 2.45) is 4.99 Å². The smallest absolute Gasteiger partial charge is 0.128 e. The van der Waals surface area contributed by atoms with E-state index in [0.717, 1.165) is 35.0 Å². The van der Waals surface area contributed by atoms with Gasteiger partial charge in [0, 0.05) is 42.3 Å². The van der Waals surface area contributed by atoms with Gasteiger partial charge in [-0.3, -0.25) is 4.99 Å². The van der Waals surface area contributed by atoms with E-state index < -0.39 is 0 Å². The second-order valence-corrected chi connectivity index (χ2v) is 6.58. The van der Waals surface area contributed by atoms with E-state index in [0.29, 0.717) is 23.7 Å². The van der Waals surface area contributed by atoms with E-state index in [2.05, 4.69) is 9.89 Å². The van der Waals surface area contributed by atoms with E-state index in [4.69, 9.17) is 0 Å². The number of aliphatic imine (C=N–C) groups is 1. The Labute approximate surface area is 128 Å². The van der Waals surface area contributed by atoms with Gasteiger partial charge in [-0.2, -0.15) is 3.89 Å². The highest BCUT2D eigenvalue weighted by atomic mass is 32.2. The predicted octanol–water partition coefficient (Wildman–Crippen LogP) is 3.11. The summed E-state index contributed by atoms with van der Waals surface area (Å²) in [6, 6.07) is 5.94. The van der Waals surface area contributed by atoms with Gasteiger partial charge < -0.3 is 10.0 Å². The predicted molar refractivity (Wildman–Crippen MR) is 86.7 cm³/mol. The lowest BCUT2D eigenvalue weighted by atomic mass is 10.1. The number of nitrogens with zero attached hydrogens (tertiary/aromatic N) is 2. The number of thioether (sulfide) groups is 1. The van der Waals surface area contributed by atoms with E-state index >= 15 is 0 Å². The Bertz CT molecular complexity index is 496. The van der Waals surface area contributed by atoms with Gasteiger partial charge in [0.25, 0.3) is 0 Å². The number of rotatable bonds is 6. The van der Waals surface area contributed by atoms with Crippen molar-refractivity contribution < 1.29 is 8.99 Å². The minimum Gasteiger partial charge on any atom is -0.507 e. The molecular weight excluding hydrogens is 295 g/mol. The highest BCUT2D eigenvalue weighted by Crippen LogP contribution is 2.30. The fourth-order valence-corrected chi connectivity index (χ4v) is 3.58. The maximum Gasteiger partial charge on any atom is 0.128 e. The number of hydrogen-bond acceptors (Lipinski definition) is 5. The topological polar surface area (TPSA) is 35.8 Å². The lowest BCUT2D eigenvalue weighted by molar-refractivity contribution is 0.339. The van der Waals surface area contributed by atoms with E-state index in [9.17, 15) is 8.99 Å². The molecular formula is C14H19FN2OS2. The summed E-state index contributed by atoms with van der Waals surface area (Å²) >= 11 is 2.05. The Hall–Kier alpha value is -0.720.